The van der Waals surface area contributed by atoms with Crippen molar-refractivity contribution < 1.29 is 9.47 Å². The number of benzene rings is 1. The highest BCUT2D eigenvalue weighted by molar-refractivity contribution is 5.79. The van der Waals surface area contributed by atoms with Gasteiger partial charge in [0.1, 0.15) is 23.2 Å². The molecule has 0 saturated carbocycles. The van der Waals surface area contributed by atoms with Crippen molar-refractivity contribution in [1.29, 1.82) is 5.26 Å². The lowest BCUT2D eigenvalue weighted by atomic mass is 10.00. The third kappa shape index (κ3) is 3.65. The van der Waals surface area contributed by atoms with Gasteiger partial charge in [-0.05, 0) is 37.1 Å². The number of nitrogens with zero attached hydrogens (tertiary/aromatic N) is 6. The van der Waals surface area contributed by atoms with Crippen LogP contribution in [0.2, 0.25) is 0 Å². The van der Waals surface area contributed by atoms with Crippen molar-refractivity contribution in [2.24, 2.45) is 0 Å². The van der Waals surface area contributed by atoms with E-state index in [9.17, 15) is 5.26 Å². The summed E-state index contributed by atoms with van der Waals surface area (Å²) < 4.78 is 11.0. The largest absolute Gasteiger partial charge is 0.497 e. The summed E-state index contributed by atoms with van der Waals surface area (Å²) in [5.74, 6) is 1.27. The second kappa shape index (κ2) is 8.00. The molecule has 4 rings (SSSR count). The molecule has 2 N–H and O–H groups in total. The van der Waals surface area contributed by atoms with E-state index in [4.69, 9.17) is 15.2 Å². The maximum absolute atomic E-state index is 9.94. The number of ether oxygens (including phenoxy) is 2. The normalized spacial score (nSPS) is 15.9. The molecule has 0 amide bonds. The van der Waals surface area contributed by atoms with Gasteiger partial charge < -0.3 is 20.1 Å². The average molecular weight is 405 g/mol. The Labute approximate surface area is 174 Å². The third-order valence-corrected chi connectivity index (χ3v) is 5.21. The monoisotopic (exact) mass is 405 g/mol. The molecule has 9 nitrogen and oxygen atoms in total. The van der Waals surface area contributed by atoms with Crippen LogP contribution in [-0.4, -0.2) is 53.4 Å². The molecule has 0 unspecified atom stereocenters. The lowest BCUT2D eigenvalue weighted by Gasteiger charge is -2.21. The minimum Gasteiger partial charge on any atom is -0.497 e. The number of aromatic nitrogens is 4. The van der Waals surface area contributed by atoms with Gasteiger partial charge in [0.25, 0.3) is 0 Å². The van der Waals surface area contributed by atoms with Gasteiger partial charge >= 0.3 is 0 Å². The highest BCUT2D eigenvalue weighted by atomic mass is 16.5. The number of anilines is 2. The summed E-state index contributed by atoms with van der Waals surface area (Å²) in [7, 11) is 3.36. The van der Waals surface area contributed by atoms with Gasteiger partial charge in [0.2, 0.25) is 0 Å². The van der Waals surface area contributed by atoms with Crippen molar-refractivity contribution in [2.75, 3.05) is 37.9 Å². The van der Waals surface area contributed by atoms with E-state index in [0.717, 1.165) is 36.5 Å². The molecule has 1 fully saturated rings. The topological polar surface area (TPSA) is 115 Å². The number of nitriles is 1. The van der Waals surface area contributed by atoms with Crippen molar-refractivity contribution in [3.63, 3.8) is 0 Å². The van der Waals surface area contributed by atoms with Crippen LogP contribution in [0.3, 0.4) is 0 Å². The molecule has 0 radical (unpaired) electrons. The predicted octanol–water partition coefficient (Wildman–Crippen LogP) is 2.33. The Morgan fingerprint density at radius 1 is 1.23 bits per heavy atom. The molecule has 9 heteroatoms. The summed E-state index contributed by atoms with van der Waals surface area (Å²) in [4.78, 5) is 7.89. The van der Waals surface area contributed by atoms with Crippen molar-refractivity contribution in [1.82, 2.24) is 20.0 Å². The van der Waals surface area contributed by atoms with Crippen LogP contribution in [0.5, 0.6) is 5.75 Å². The molecule has 2 aromatic heterocycles. The van der Waals surface area contributed by atoms with E-state index < -0.39 is 0 Å². The van der Waals surface area contributed by atoms with Gasteiger partial charge in [-0.15, -0.1) is 4.80 Å². The third-order valence-electron chi connectivity index (χ3n) is 5.21. The fourth-order valence-electron chi connectivity index (χ4n) is 3.67. The van der Waals surface area contributed by atoms with Crippen LogP contribution in [0.15, 0.2) is 30.5 Å². The van der Waals surface area contributed by atoms with Crippen molar-refractivity contribution in [3.8, 4) is 28.8 Å². The Morgan fingerprint density at radius 3 is 2.70 bits per heavy atom. The number of pyridine rings is 1. The van der Waals surface area contributed by atoms with Crippen molar-refractivity contribution in [2.45, 2.75) is 19.4 Å². The lowest BCUT2D eigenvalue weighted by molar-refractivity contribution is 0.121. The number of nitrogens with two attached hydrogens (primary N) is 1. The van der Waals surface area contributed by atoms with E-state index in [1.54, 1.807) is 26.5 Å². The molecular weight excluding hydrogens is 382 g/mol. The van der Waals surface area contributed by atoms with Crippen LogP contribution in [0.1, 0.15) is 17.7 Å². The molecule has 1 aliphatic rings. The van der Waals surface area contributed by atoms with Gasteiger partial charge in [-0.3, -0.25) is 0 Å². The van der Waals surface area contributed by atoms with Crippen molar-refractivity contribution in [3.05, 3.63) is 41.7 Å². The van der Waals surface area contributed by atoms with Crippen LogP contribution < -0.4 is 15.4 Å². The van der Waals surface area contributed by atoms with Crippen LogP contribution in [0.4, 0.5) is 11.5 Å². The van der Waals surface area contributed by atoms with E-state index in [0.29, 0.717) is 22.7 Å². The summed E-state index contributed by atoms with van der Waals surface area (Å²) in [6.07, 6.45) is 2.77. The fraction of sp³-hybridized carbons (Fsp3) is 0.333. The molecule has 1 aromatic carbocycles. The summed E-state index contributed by atoms with van der Waals surface area (Å²) in [5, 5.41) is 18.4. The SMILES string of the molecule is COc1cc(-c2cc(N)nc(-n3ncc(C)n3)c2C#N)cc(N2CC[C@@H](OC)C2)c1. The molecule has 1 saturated heterocycles. The highest BCUT2D eigenvalue weighted by Crippen LogP contribution is 2.35. The lowest BCUT2D eigenvalue weighted by Crippen LogP contribution is -2.22. The first-order chi connectivity index (χ1) is 14.5. The fourth-order valence-corrected chi connectivity index (χ4v) is 3.67. The zero-order valence-corrected chi connectivity index (χ0v) is 17.2. The van der Waals surface area contributed by atoms with Gasteiger partial charge in [0.15, 0.2) is 5.82 Å². The van der Waals surface area contributed by atoms with Crippen LogP contribution >= 0.6 is 0 Å². The molecule has 0 aliphatic carbocycles. The minimum atomic E-state index is 0.201. The molecule has 3 aromatic rings. The van der Waals surface area contributed by atoms with Gasteiger partial charge in [0, 0.05) is 37.5 Å². The van der Waals surface area contributed by atoms with Gasteiger partial charge in [-0.25, -0.2) is 4.98 Å². The molecule has 1 aliphatic heterocycles. The number of rotatable bonds is 5. The highest BCUT2D eigenvalue weighted by Gasteiger charge is 2.24. The van der Waals surface area contributed by atoms with Crippen molar-refractivity contribution >= 4 is 11.5 Å². The first-order valence-electron chi connectivity index (χ1n) is 9.59. The Hall–Kier alpha value is -3.64. The van der Waals surface area contributed by atoms with E-state index in [2.05, 4.69) is 26.2 Å². The first kappa shape index (κ1) is 19.7. The van der Waals surface area contributed by atoms with E-state index >= 15 is 0 Å². The van der Waals surface area contributed by atoms with E-state index in [1.165, 1.54) is 4.80 Å². The molecule has 3 heterocycles. The maximum Gasteiger partial charge on any atom is 0.194 e. The summed E-state index contributed by atoms with van der Waals surface area (Å²) in [5.41, 5.74) is 9.60. The number of hydrogen-bond donors (Lipinski definition) is 1. The quantitative estimate of drug-likeness (QED) is 0.688. The smallest absolute Gasteiger partial charge is 0.194 e. The van der Waals surface area contributed by atoms with Gasteiger partial charge in [-0.2, -0.15) is 15.5 Å². The maximum atomic E-state index is 9.94. The standard InChI is InChI=1S/C21H23N7O2/c1-13-11-24-28(26-13)21-19(10-22)18(9-20(23)25-21)14-6-15(8-17(7-14)30-3)27-5-4-16(12-27)29-2/h6-9,11,16H,4-5,12H2,1-3H3,(H2,23,25)/t16-/m1/s1. The summed E-state index contributed by atoms with van der Waals surface area (Å²) >= 11 is 0. The zero-order valence-electron chi connectivity index (χ0n) is 17.2. The molecular formula is C21H23N7O2. The predicted molar refractivity (Wildman–Crippen MR) is 113 cm³/mol. The Bertz CT molecular complexity index is 1120. The number of methoxy groups -OCH3 is 2. The summed E-state index contributed by atoms with van der Waals surface area (Å²) in [6.45, 7) is 3.51. The Kier molecular flexibility index (Phi) is 5.25. The minimum absolute atomic E-state index is 0.201. The number of hydrogen-bond acceptors (Lipinski definition) is 8. The number of nitrogen functional groups attached to an aromatic ring is 1. The van der Waals surface area contributed by atoms with E-state index in [1.807, 2.05) is 25.1 Å². The van der Waals surface area contributed by atoms with Crippen LogP contribution in [0, 0.1) is 18.3 Å². The van der Waals surface area contributed by atoms with Gasteiger partial charge in [-0.1, -0.05) is 0 Å². The zero-order chi connectivity index (χ0) is 21.3. The average Bonchev–Trinajstić information content (AvgIpc) is 3.41. The molecule has 1 atom stereocenters. The van der Waals surface area contributed by atoms with Crippen LogP contribution in [-0.2, 0) is 4.74 Å². The van der Waals surface area contributed by atoms with Crippen LogP contribution in [0.25, 0.3) is 16.9 Å². The second-order valence-electron chi connectivity index (χ2n) is 7.19. The summed E-state index contributed by atoms with van der Waals surface area (Å²) in [6, 6.07) is 9.84. The molecule has 154 valence electrons. The number of aryl methyl sites for hydroxylation is 1. The molecule has 30 heavy (non-hydrogen) atoms. The van der Waals surface area contributed by atoms with Gasteiger partial charge in [0.05, 0.1) is 25.1 Å². The molecule has 0 bridgehead atoms. The Balaban J connectivity index is 1.85. The molecule has 0 spiro atoms. The first-order valence-corrected chi connectivity index (χ1v) is 9.59. The second-order valence-corrected chi connectivity index (χ2v) is 7.19. The van der Waals surface area contributed by atoms with E-state index in [-0.39, 0.29) is 11.9 Å². The Morgan fingerprint density at radius 2 is 2.07 bits per heavy atom.